The summed E-state index contributed by atoms with van der Waals surface area (Å²) in [4.78, 5) is 12.3. The molecule has 2 N–H and O–H groups in total. The Kier molecular flexibility index (Phi) is 3.60. The third-order valence-corrected chi connectivity index (χ3v) is 5.53. The van der Waals surface area contributed by atoms with Crippen LogP contribution in [0.15, 0.2) is 24.4 Å². The van der Waals surface area contributed by atoms with Gasteiger partial charge in [-0.25, -0.2) is 0 Å². The highest BCUT2D eigenvalue weighted by atomic mass is 16.1. The number of fused-ring (bicyclic) bond motifs is 2. The van der Waals surface area contributed by atoms with Gasteiger partial charge in [0.25, 0.3) is 0 Å². The predicted molar refractivity (Wildman–Crippen MR) is 86.4 cm³/mol. The molecule has 0 bridgehead atoms. The SMILES string of the molecule is O=C(Cc1ccc2cn[nH]c2c1)NC1CCC2CCCC2C1. The van der Waals surface area contributed by atoms with E-state index in [0.29, 0.717) is 12.5 Å². The zero-order chi connectivity index (χ0) is 14.9. The molecule has 1 heterocycles. The van der Waals surface area contributed by atoms with Crippen molar-refractivity contribution in [3.8, 4) is 0 Å². The Bertz CT molecular complexity index is 678. The zero-order valence-corrected chi connectivity index (χ0v) is 12.8. The maximum atomic E-state index is 12.3. The summed E-state index contributed by atoms with van der Waals surface area (Å²) >= 11 is 0. The minimum absolute atomic E-state index is 0.153. The minimum Gasteiger partial charge on any atom is -0.353 e. The lowest BCUT2D eigenvalue weighted by Crippen LogP contribution is -2.40. The van der Waals surface area contributed by atoms with Crippen molar-refractivity contribution in [2.45, 2.75) is 51.0 Å². The van der Waals surface area contributed by atoms with Gasteiger partial charge in [-0.3, -0.25) is 9.89 Å². The lowest BCUT2D eigenvalue weighted by molar-refractivity contribution is -0.121. The first kappa shape index (κ1) is 13.8. The van der Waals surface area contributed by atoms with E-state index in [1.54, 1.807) is 6.20 Å². The second-order valence-corrected chi connectivity index (χ2v) is 7.00. The van der Waals surface area contributed by atoms with Crippen LogP contribution in [0.5, 0.6) is 0 Å². The third-order valence-electron chi connectivity index (χ3n) is 5.53. The van der Waals surface area contributed by atoms with E-state index in [9.17, 15) is 4.79 Å². The number of carbonyl (C=O) groups excluding carboxylic acids is 1. The van der Waals surface area contributed by atoms with Crippen molar-refractivity contribution in [2.24, 2.45) is 11.8 Å². The highest BCUT2D eigenvalue weighted by Crippen LogP contribution is 2.42. The van der Waals surface area contributed by atoms with Crippen LogP contribution >= 0.6 is 0 Å². The molecule has 1 aromatic carbocycles. The van der Waals surface area contributed by atoms with E-state index in [4.69, 9.17) is 0 Å². The molecule has 2 aliphatic carbocycles. The topological polar surface area (TPSA) is 57.8 Å². The fourth-order valence-electron chi connectivity index (χ4n) is 4.39. The van der Waals surface area contributed by atoms with Crippen LogP contribution in [0.3, 0.4) is 0 Å². The van der Waals surface area contributed by atoms with Crippen LogP contribution in [-0.2, 0) is 11.2 Å². The first-order valence-corrected chi connectivity index (χ1v) is 8.49. The summed E-state index contributed by atoms with van der Waals surface area (Å²) in [5, 5.41) is 11.3. The van der Waals surface area contributed by atoms with E-state index >= 15 is 0 Å². The monoisotopic (exact) mass is 297 g/mol. The number of nitrogens with one attached hydrogen (secondary N) is 2. The first-order chi connectivity index (χ1) is 10.8. The summed E-state index contributed by atoms with van der Waals surface area (Å²) in [6.45, 7) is 0. The van der Waals surface area contributed by atoms with Gasteiger partial charge in [0.1, 0.15) is 0 Å². The van der Waals surface area contributed by atoms with Crippen LogP contribution in [-0.4, -0.2) is 22.1 Å². The summed E-state index contributed by atoms with van der Waals surface area (Å²) in [7, 11) is 0. The molecule has 0 aliphatic heterocycles. The van der Waals surface area contributed by atoms with Crippen LogP contribution in [0, 0.1) is 11.8 Å². The zero-order valence-electron chi connectivity index (χ0n) is 12.8. The highest BCUT2D eigenvalue weighted by molar-refractivity contribution is 5.82. The molecule has 0 radical (unpaired) electrons. The van der Waals surface area contributed by atoms with Gasteiger partial charge in [-0.05, 0) is 42.7 Å². The van der Waals surface area contributed by atoms with Crippen LogP contribution in [0.25, 0.3) is 10.9 Å². The van der Waals surface area contributed by atoms with Crippen LogP contribution in [0.1, 0.15) is 44.1 Å². The van der Waals surface area contributed by atoms with Crippen molar-refractivity contribution < 1.29 is 4.79 Å². The van der Waals surface area contributed by atoms with E-state index in [-0.39, 0.29) is 5.91 Å². The number of H-pyrrole nitrogens is 1. The largest absolute Gasteiger partial charge is 0.353 e. The molecule has 4 nitrogen and oxygen atoms in total. The fourth-order valence-corrected chi connectivity index (χ4v) is 4.39. The number of rotatable bonds is 3. The average molecular weight is 297 g/mol. The van der Waals surface area contributed by atoms with Gasteiger partial charge in [0.05, 0.1) is 18.1 Å². The van der Waals surface area contributed by atoms with Crippen molar-refractivity contribution >= 4 is 16.8 Å². The third kappa shape index (κ3) is 2.74. The second-order valence-electron chi connectivity index (χ2n) is 7.00. The molecule has 4 rings (SSSR count). The molecule has 0 saturated heterocycles. The van der Waals surface area contributed by atoms with Crippen LogP contribution in [0.2, 0.25) is 0 Å². The Morgan fingerprint density at radius 3 is 3.09 bits per heavy atom. The van der Waals surface area contributed by atoms with Crippen molar-refractivity contribution in [1.29, 1.82) is 0 Å². The maximum Gasteiger partial charge on any atom is 0.224 e. The normalized spacial score (nSPS) is 27.7. The molecule has 3 unspecified atom stereocenters. The summed E-state index contributed by atoms with van der Waals surface area (Å²) in [5.41, 5.74) is 2.04. The van der Waals surface area contributed by atoms with E-state index < -0.39 is 0 Å². The summed E-state index contributed by atoms with van der Waals surface area (Å²) < 4.78 is 0. The summed E-state index contributed by atoms with van der Waals surface area (Å²) in [5.74, 6) is 1.96. The highest BCUT2D eigenvalue weighted by Gasteiger charge is 2.34. The number of aromatic amines is 1. The van der Waals surface area contributed by atoms with Gasteiger partial charge in [0, 0.05) is 11.4 Å². The number of nitrogens with zero attached hydrogens (tertiary/aromatic N) is 1. The number of hydrogen-bond acceptors (Lipinski definition) is 2. The molecule has 4 heteroatoms. The summed E-state index contributed by atoms with van der Waals surface area (Å²) in [6, 6.07) is 6.45. The van der Waals surface area contributed by atoms with E-state index in [1.165, 1.54) is 32.1 Å². The second kappa shape index (κ2) is 5.75. The van der Waals surface area contributed by atoms with E-state index in [0.717, 1.165) is 34.7 Å². The number of aromatic nitrogens is 2. The van der Waals surface area contributed by atoms with Gasteiger partial charge in [0.2, 0.25) is 5.91 Å². The molecule has 3 atom stereocenters. The predicted octanol–water partition coefficient (Wildman–Crippen LogP) is 3.19. The Morgan fingerprint density at radius 1 is 1.23 bits per heavy atom. The number of benzene rings is 1. The van der Waals surface area contributed by atoms with Gasteiger partial charge in [-0.2, -0.15) is 5.10 Å². The lowest BCUT2D eigenvalue weighted by atomic mass is 9.79. The Morgan fingerprint density at radius 2 is 2.14 bits per heavy atom. The first-order valence-electron chi connectivity index (χ1n) is 8.49. The van der Waals surface area contributed by atoms with Crippen LogP contribution < -0.4 is 5.32 Å². The fraction of sp³-hybridized carbons (Fsp3) is 0.556. The van der Waals surface area contributed by atoms with Gasteiger partial charge in [-0.1, -0.05) is 31.4 Å². The van der Waals surface area contributed by atoms with Gasteiger partial charge in [-0.15, -0.1) is 0 Å². The standard InChI is InChI=1S/C18H23N3O/c22-18(9-12-4-5-15-11-19-21-17(15)8-12)20-16-7-6-13-2-1-3-14(13)10-16/h4-5,8,11,13-14,16H,1-3,6-7,9-10H2,(H,19,21)(H,20,22). The molecule has 22 heavy (non-hydrogen) atoms. The molecule has 1 aromatic heterocycles. The lowest BCUT2D eigenvalue weighted by Gasteiger charge is -2.32. The number of carbonyl (C=O) groups is 1. The number of amides is 1. The molecular formula is C18H23N3O. The molecule has 0 spiro atoms. The molecule has 1 amide bonds. The van der Waals surface area contributed by atoms with Crippen molar-refractivity contribution in [2.75, 3.05) is 0 Å². The smallest absolute Gasteiger partial charge is 0.224 e. The minimum atomic E-state index is 0.153. The van der Waals surface area contributed by atoms with Crippen molar-refractivity contribution in [3.05, 3.63) is 30.0 Å². The van der Waals surface area contributed by atoms with Crippen molar-refractivity contribution in [3.63, 3.8) is 0 Å². The van der Waals surface area contributed by atoms with Crippen LogP contribution in [0.4, 0.5) is 0 Å². The Balaban J connectivity index is 1.35. The molecule has 2 fully saturated rings. The van der Waals surface area contributed by atoms with Gasteiger partial charge >= 0.3 is 0 Å². The van der Waals surface area contributed by atoms with Crippen molar-refractivity contribution in [1.82, 2.24) is 15.5 Å². The molecular weight excluding hydrogens is 274 g/mol. The molecule has 2 aromatic rings. The molecule has 2 aliphatic rings. The number of hydrogen-bond donors (Lipinski definition) is 2. The molecule has 116 valence electrons. The average Bonchev–Trinajstić information content (AvgIpc) is 3.14. The Hall–Kier alpha value is -1.84. The van der Waals surface area contributed by atoms with Gasteiger partial charge < -0.3 is 5.32 Å². The van der Waals surface area contributed by atoms with E-state index in [2.05, 4.69) is 15.5 Å². The van der Waals surface area contributed by atoms with E-state index in [1.807, 2.05) is 18.2 Å². The Labute approximate surface area is 130 Å². The summed E-state index contributed by atoms with van der Waals surface area (Å²) in [6.07, 6.45) is 10.1. The quantitative estimate of drug-likeness (QED) is 0.914. The molecule has 2 saturated carbocycles. The maximum absolute atomic E-state index is 12.3. The van der Waals surface area contributed by atoms with Gasteiger partial charge in [0.15, 0.2) is 0 Å².